The molecule has 0 radical (unpaired) electrons. The first-order chi connectivity index (χ1) is 10.6. The van der Waals surface area contributed by atoms with Crippen molar-refractivity contribution in [2.24, 2.45) is 5.73 Å². The van der Waals surface area contributed by atoms with Crippen LogP contribution in [0, 0.1) is 6.92 Å². The van der Waals surface area contributed by atoms with Gasteiger partial charge in [0.1, 0.15) is 11.5 Å². The van der Waals surface area contributed by atoms with Crippen molar-refractivity contribution < 1.29 is 9.84 Å². The van der Waals surface area contributed by atoms with E-state index in [0.29, 0.717) is 12.3 Å². The van der Waals surface area contributed by atoms with Crippen molar-refractivity contribution in [2.75, 3.05) is 13.2 Å². The van der Waals surface area contributed by atoms with Gasteiger partial charge in [0.05, 0.1) is 6.61 Å². The van der Waals surface area contributed by atoms with Crippen molar-refractivity contribution >= 4 is 0 Å². The molecule has 0 saturated heterocycles. The lowest BCUT2D eigenvalue weighted by molar-refractivity contribution is 0.315. The second-order valence-corrected chi connectivity index (χ2v) is 5.68. The summed E-state index contributed by atoms with van der Waals surface area (Å²) in [5.41, 5.74) is 9.42. The van der Waals surface area contributed by atoms with E-state index in [-0.39, 0.29) is 5.92 Å². The van der Waals surface area contributed by atoms with Gasteiger partial charge in [0.2, 0.25) is 0 Å². The predicted molar refractivity (Wildman–Crippen MR) is 90.6 cm³/mol. The summed E-state index contributed by atoms with van der Waals surface area (Å²) in [6.45, 7) is 5.48. The number of aryl methyl sites for hydroxylation is 1. The van der Waals surface area contributed by atoms with E-state index in [9.17, 15) is 5.11 Å². The molecule has 0 spiro atoms. The zero-order valence-electron chi connectivity index (χ0n) is 13.4. The van der Waals surface area contributed by atoms with Crippen molar-refractivity contribution in [3.05, 3.63) is 59.2 Å². The Kier molecular flexibility index (Phi) is 5.84. The Labute approximate surface area is 132 Å². The molecule has 0 amide bonds. The van der Waals surface area contributed by atoms with E-state index in [0.717, 1.165) is 36.3 Å². The molecule has 0 aromatic heterocycles. The second kappa shape index (κ2) is 7.85. The zero-order valence-corrected chi connectivity index (χ0v) is 13.4. The summed E-state index contributed by atoms with van der Waals surface area (Å²) in [5.74, 6) is 1.48. The second-order valence-electron chi connectivity index (χ2n) is 5.68. The smallest absolute Gasteiger partial charge is 0.122 e. The lowest BCUT2D eigenvalue weighted by atomic mass is 9.91. The van der Waals surface area contributed by atoms with E-state index in [2.05, 4.69) is 26.0 Å². The molecule has 0 fully saturated rings. The molecule has 22 heavy (non-hydrogen) atoms. The first-order valence-electron chi connectivity index (χ1n) is 7.85. The first-order valence-corrected chi connectivity index (χ1v) is 7.85. The molecule has 118 valence electrons. The molecular weight excluding hydrogens is 274 g/mol. The van der Waals surface area contributed by atoms with Crippen molar-refractivity contribution in [1.29, 1.82) is 0 Å². The number of ether oxygens (including phenoxy) is 1. The summed E-state index contributed by atoms with van der Waals surface area (Å²) >= 11 is 0. The highest BCUT2D eigenvalue weighted by molar-refractivity contribution is 5.39. The van der Waals surface area contributed by atoms with E-state index in [1.165, 1.54) is 5.56 Å². The van der Waals surface area contributed by atoms with E-state index in [1.54, 1.807) is 12.1 Å². The molecule has 0 aliphatic heterocycles. The summed E-state index contributed by atoms with van der Waals surface area (Å²) in [5, 5.41) is 9.58. The van der Waals surface area contributed by atoms with Crippen molar-refractivity contribution in [1.82, 2.24) is 0 Å². The monoisotopic (exact) mass is 299 g/mol. The fourth-order valence-electron chi connectivity index (χ4n) is 2.61. The lowest BCUT2D eigenvalue weighted by Gasteiger charge is -2.17. The van der Waals surface area contributed by atoms with Gasteiger partial charge in [0, 0.05) is 5.92 Å². The summed E-state index contributed by atoms with van der Waals surface area (Å²) < 4.78 is 5.72. The molecule has 0 aliphatic rings. The van der Waals surface area contributed by atoms with Gasteiger partial charge in [0.15, 0.2) is 0 Å². The van der Waals surface area contributed by atoms with Crippen LogP contribution in [0.15, 0.2) is 42.5 Å². The normalized spacial score (nSPS) is 12.1. The summed E-state index contributed by atoms with van der Waals surface area (Å²) in [4.78, 5) is 0. The Bertz CT molecular complexity index is 610. The van der Waals surface area contributed by atoms with Crippen LogP contribution >= 0.6 is 0 Å². The highest BCUT2D eigenvalue weighted by atomic mass is 16.5. The molecule has 1 unspecified atom stereocenters. The highest BCUT2D eigenvalue weighted by Gasteiger charge is 2.13. The van der Waals surface area contributed by atoms with Crippen LogP contribution in [-0.4, -0.2) is 18.3 Å². The van der Waals surface area contributed by atoms with Gasteiger partial charge in [-0.1, -0.05) is 31.2 Å². The minimum Gasteiger partial charge on any atom is -0.508 e. The Hall–Kier alpha value is -2.00. The van der Waals surface area contributed by atoms with Gasteiger partial charge in [-0.2, -0.15) is 0 Å². The number of rotatable bonds is 7. The standard InChI is InChI=1S/C19H25NO2/c1-3-9-22-19-8-7-16(10-14(19)2)17(13-20)11-15-5-4-6-18(21)12-15/h4-8,10,12,17,21H,3,9,11,13,20H2,1-2H3. The molecule has 0 saturated carbocycles. The third-order valence-corrected chi connectivity index (χ3v) is 3.81. The number of phenols is 1. The number of nitrogens with two attached hydrogens (primary N) is 1. The maximum atomic E-state index is 9.58. The average Bonchev–Trinajstić information content (AvgIpc) is 2.51. The number of hydrogen-bond acceptors (Lipinski definition) is 3. The Morgan fingerprint density at radius 2 is 2.00 bits per heavy atom. The van der Waals surface area contributed by atoms with Crippen molar-refractivity contribution in [3.8, 4) is 11.5 Å². The van der Waals surface area contributed by atoms with Crippen LogP contribution < -0.4 is 10.5 Å². The van der Waals surface area contributed by atoms with Crippen LogP contribution in [0.1, 0.15) is 36.0 Å². The lowest BCUT2D eigenvalue weighted by Crippen LogP contribution is -2.15. The van der Waals surface area contributed by atoms with Crippen LogP contribution in [0.5, 0.6) is 11.5 Å². The van der Waals surface area contributed by atoms with E-state index in [4.69, 9.17) is 10.5 Å². The molecule has 3 N–H and O–H groups in total. The number of benzene rings is 2. The molecule has 0 bridgehead atoms. The SMILES string of the molecule is CCCOc1ccc(C(CN)Cc2cccc(O)c2)cc1C. The fourth-order valence-corrected chi connectivity index (χ4v) is 2.61. The predicted octanol–water partition coefficient (Wildman–Crippen LogP) is 3.77. The molecule has 0 heterocycles. The zero-order chi connectivity index (χ0) is 15.9. The van der Waals surface area contributed by atoms with Gasteiger partial charge in [-0.3, -0.25) is 0 Å². The van der Waals surface area contributed by atoms with Crippen LogP contribution in [-0.2, 0) is 6.42 Å². The minimum atomic E-state index is 0.237. The minimum absolute atomic E-state index is 0.237. The van der Waals surface area contributed by atoms with Gasteiger partial charge in [0.25, 0.3) is 0 Å². The van der Waals surface area contributed by atoms with Gasteiger partial charge >= 0.3 is 0 Å². The topological polar surface area (TPSA) is 55.5 Å². The Morgan fingerprint density at radius 3 is 2.64 bits per heavy atom. The summed E-state index contributed by atoms with van der Waals surface area (Å²) in [7, 11) is 0. The van der Waals surface area contributed by atoms with Crippen molar-refractivity contribution in [2.45, 2.75) is 32.6 Å². The van der Waals surface area contributed by atoms with Gasteiger partial charge in [-0.05, 0) is 61.2 Å². The van der Waals surface area contributed by atoms with Crippen LogP contribution in [0.4, 0.5) is 0 Å². The summed E-state index contributed by atoms with van der Waals surface area (Å²) in [6, 6.07) is 13.7. The van der Waals surface area contributed by atoms with E-state index >= 15 is 0 Å². The average molecular weight is 299 g/mol. The maximum Gasteiger partial charge on any atom is 0.122 e. The van der Waals surface area contributed by atoms with Crippen LogP contribution in [0.25, 0.3) is 0 Å². The number of phenolic OH excluding ortho intramolecular Hbond substituents is 1. The van der Waals surface area contributed by atoms with Gasteiger partial charge < -0.3 is 15.6 Å². The molecule has 2 aromatic rings. The molecule has 2 rings (SSSR count). The molecule has 0 aliphatic carbocycles. The molecular formula is C19H25NO2. The van der Waals surface area contributed by atoms with Crippen LogP contribution in [0.2, 0.25) is 0 Å². The summed E-state index contributed by atoms with van der Waals surface area (Å²) in [6.07, 6.45) is 1.82. The van der Waals surface area contributed by atoms with Crippen molar-refractivity contribution in [3.63, 3.8) is 0 Å². The number of aromatic hydroxyl groups is 1. The third-order valence-electron chi connectivity index (χ3n) is 3.81. The molecule has 3 heteroatoms. The van der Waals surface area contributed by atoms with Crippen LogP contribution in [0.3, 0.4) is 0 Å². The molecule has 2 aromatic carbocycles. The van der Waals surface area contributed by atoms with Gasteiger partial charge in [-0.15, -0.1) is 0 Å². The molecule has 3 nitrogen and oxygen atoms in total. The van der Waals surface area contributed by atoms with Gasteiger partial charge in [-0.25, -0.2) is 0 Å². The Morgan fingerprint density at radius 1 is 1.18 bits per heavy atom. The highest BCUT2D eigenvalue weighted by Crippen LogP contribution is 2.27. The van der Waals surface area contributed by atoms with E-state index in [1.807, 2.05) is 18.2 Å². The largest absolute Gasteiger partial charge is 0.508 e. The first kappa shape index (κ1) is 16.4. The quantitative estimate of drug-likeness (QED) is 0.818. The maximum absolute atomic E-state index is 9.58. The number of hydrogen-bond donors (Lipinski definition) is 2. The third kappa shape index (κ3) is 4.25. The fraction of sp³-hybridized carbons (Fsp3) is 0.368. The Balaban J connectivity index is 2.15. The van der Waals surface area contributed by atoms with E-state index < -0.39 is 0 Å². The molecule has 1 atom stereocenters.